The van der Waals surface area contributed by atoms with Crippen LogP contribution in [-0.2, 0) is 13.5 Å². The monoisotopic (exact) mass is 297 g/mol. The summed E-state index contributed by atoms with van der Waals surface area (Å²) in [6, 6.07) is 5.91. The molecule has 1 aromatic heterocycles. The van der Waals surface area contributed by atoms with E-state index in [0.717, 1.165) is 24.2 Å². The molecule has 0 bridgehead atoms. The summed E-state index contributed by atoms with van der Waals surface area (Å²) in [5.74, 6) is 1.07. The van der Waals surface area contributed by atoms with Crippen molar-refractivity contribution in [2.75, 3.05) is 7.05 Å². The van der Waals surface area contributed by atoms with Gasteiger partial charge in [-0.3, -0.25) is 0 Å². The van der Waals surface area contributed by atoms with Crippen LogP contribution in [0.1, 0.15) is 23.9 Å². The van der Waals surface area contributed by atoms with Crippen LogP contribution in [0.4, 0.5) is 0 Å². The number of benzene rings is 1. The summed E-state index contributed by atoms with van der Waals surface area (Å²) in [6.07, 6.45) is 5.57. The molecule has 1 aromatic carbocycles. The first-order valence-electron chi connectivity index (χ1n) is 6.21. The molecule has 0 spiro atoms. The van der Waals surface area contributed by atoms with E-state index >= 15 is 0 Å². The SMILES string of the molecule is CNC(CCc1nccn1C)c1cccc(Cl)c1Cl. The Bertz CT molecular complexity index is 551. The molecule has 1 N–H and O–H groups in total. The van der Waals surface area contributed by atoms with Gasteiger partial charge in [0.05, 0.1) is 10.0 Å². The molecule has 102 valence electrons. The van der Waals surface area contributed by atoms with Gasteiger partial charge in [0.1, 0.15) is 5.82 Å². The Kier molecular flexibility index (Phi) is 4.86. The lowest BCUT2D eigenvalue weighted by Crippen LogP contribution is -2.18. The van der Waals surface area contributed by atoms with Crippen molar-refractivity contribution in [1.29, 1.82) is 0 Å². The molecule has 2 aromatic rings. The van der Waals surface area contributed by atoms with Crippen molar-refractivity contribution in [3.63, 3.8) is 0 Å². The minimum Gasteiger partial charge on any atom is -0.338 e. The van der Waals surface area contributed by atoms with Crippen LogP contribution in [0.3, 0.4) is 0 Å². The van der Waals surface area contributed by atoms with Gasteiger partial charge < -0.3 is 9.88 Å². The first-order chi connectivity index (χ1) is 9.13. The lowest BCUT2D eigenvalue weighted by molar-refractivity contribution is 0.536. The van der Waals surface area contributed by atoms with E-state index in [9.17, 15) is 0 Å². The van der Waals surface area contributed by atoms with Crippen LogP contribution in [0.5, 0.6) is 0 Å². The minimum absolute atomic E-state index is 0.169. The van der Waals surface area contributed by atoms with Crippen molar-refractivity contribution in [2.45, 2.75) is 18.9 Å². The van der Waals surface area contributed by atoms with Gasteiger partial charge in [-0.1, -0.05) is 35.3 Å². The van der Waals surface area contributed by atoms with Crippen LogP contribution in [0.2, 0.25) is 10.0 Å². The summed E-state index contributed by atoms with van der Waals surface area (Å²) >= 11 is 12.3. The maximum atomic E-state index is 6.27. The second-order valence-electron chi connectivity index (χ2n) is 4.48. The van der Waals surface area contributed by atoms with Crippen LogP contribution >= 0.6 is 23.2 Å². The fourth-order valence-corrected chi connectivity index (χ4v) is 2.60. The predicted octanol–water partition coefficient (Wildman–Crippen LogP) is 3.62. The van der Waals surface area contributed by atoms with E-state index in [2.05, 4.69) is 10.3 Å². The molecule has 1 unspecified atom stereocenters. The zero-order valence-corrected chi connectivity index (χ0v) is 12.5. The van der Waals surface area contributed by atoms with Gasteiger partial charge in [-0.2, -0.15) is 0 Å². The second kappa shape index (κ2) is 6.42. The first kappa shape index (κ1) is 14.4. The summed E-state index contributed by atoms with van der Waals surface area (Å²) in [5.41, 5.74) is 1.03. The number of aryl methyl sites for hydroxylation is 2. The van der Waals surface area contributed by atoms with E-state index in [0.29, 0.717) is 10.0 Å². The van der Waals surface area contributed by atoms with Crippen LogP contribution in [-0.4, -0.2) is 16.6 Å². The van der Waals surface area contributed by atoms with Crippen molar-refractivity contribution in [3.05, 3.63) is 52.0 Å². The molecule has 0 aliphatic rings. The Labute approximate surface area is 123 Å². The lowest BCUT2D eigenvalue weighted by atomic mass is 10.0. The van der Waals surface area contributed by atoms with Crippen LogP contribution < -0.4 is 5.32 Å². The Balaban J connectivity index is 2.12. The number of hydrogen-bond donors (Lipinski definition) is 1. The standard InChI is InChI=1S/C14H17Cl2N3/c1-17-12(6-7-13-18-8-9-19(13)2)10-4-3-5-11(15)14(10)16/h3-5,8-9,12,17H,6-7H2,1-2H3. The fraction of sp³-hybridized carbons (Fsp3) is 0.357. The molecule has 0 radical (unpaired) electrons. The smallest absolute Gasteiger partial charge is 0.108 e. The van der Waals surface area contributed by atoms with Gasteiger partial charge >= 0.3 is 0 Å². The van der Waals surface area contributed by atoms with Crippen molar-refractivity contribution in [2.24, 2.45) is 7.05 Å². The van der Waals surface area contributed by atoms with Gasteiger partial charge in [0.25, 0.3) is 0 Å². The third kappa shape index (κ3) is 3.30. The molecule has 1 atom stereocenters. The highest BCUT2D eigenvalue weighted by molar-refractivity contribution is 6.42. The van der Waals surface area contributed by atoms with E-state index in [1.54, 1.807) is 6.07 Å². The molecule has 5 heteroatoms. The third-order valence-corrected chi connectivity index (χ3v) is 4.12. The van der Waals surface area contributed by atoms with Crippen molar-refractivity contribution < 1.29 is 0 Å². The third-order valence-electron chi connectivity index (χ3n) is 3.28. The molecule has 0 saturated carbocycles. The van der Waals surface area contributed by atoms with Crippen LogP contribution in [0.25, 0.3) is 0 Å². The number of aromatic nitrogens is 2. The van der Waals surface area contributed by atoms with Crippen LogP contribution in [0.15, 0.2) is 30.6 Å². The van der Waals surface area contributed by atoms with E-state index in [4.69, 9.17) is 23.2 Å². The number of halogens is 2. The van der Waals surface area contributed by atoms with Gasteiger partial charge in [-0.25, -0.2) is 4.98 Å². The quantitative estimate of drug-likeness (QED) is 0.913. The summed E-state index contributed by atoms with van der Waals surface area (Å²) in [7, 11) is 3.93. The molecular formula is C14H17Cl2N3. The van der Waals surface area contributed by atoms with Gasteiger partial charge in [-0.05, 0) is 25.1 Å². The largest absolute Gasteiger partial charge is 0.338 e. The van der Waals surface area contributed by atoms with E-state index in [-0.39, 0.29) is 6.04 Å². The van der Waals surface area contributed by atoms with Crippen LogP contribution in [0, 0.1) is 0 Å². The average molecular weight is 298 g/mol. The number of imidazole rings is 1. The van der Waals surface area contributed by atoms with E-state index < -0.39 is 0 Å². The maximum absolute atomic E-state index is 6.27. The number of nitrogens with zero attached hydrogens (tertiary/aromatic N) is 2. The highest BCUT2D eigenvalue weighted by Gasteiger charge is 2.15. The molecular weight excluding hydrogens is 281 g/mol. The maximum Gasteiger partial charge on any atom is 0.108 e. The summed E-state index contributed by atoms with van der Waals surface area (Å²) < 4.78 is 2.03. The fourth-order valence-electron chi connectivity index (χ4n) is 2.16. The number of rotatable bonds is 5. The molecule has 0 aliphatic carbocycles. The van der Waals surface area contributed by atoms with Gasteiger partial charge in [0.2, 0.25) is 0 Å². The zero-order valence-electron chi connectivity index (χ0n) is 11.0. The molecule has 0 saturated heterocycles. The highest BCUT2D eigenvalue weighted by atomic mass is 35.5. The van der Waals surface area contributed by atoms with Gasteiger partial charge in [0.15, 0.2) is 0 Å². The summed E-state index contributed by atoms with van der Waals surface area (Å²) in [6.45, 7) is 0. The molecule has 2 rings (SSSR count). The molecule has 0 amide bonds. The van der Waals surface area contributed by atoms with Gasteiger partial charge in [0, 0.05) is 31.9 Å². The molecule has 0 fully saturated rings. The minimum atomic E-state index is 0.169. The van der Waals surface area contributed by atoms with Crippen molar-refractivity contribution in [3.8, 4) is 0 Å². The van der Waals surface area contributed by atoms with E-state index in [1.165, 1.54) is 0 Å². The van der Waals surface area contributed by atoms with Gasteiger partial charge in [-0.15, -0.1) is 0 Å². The first-order valence-corrected chi connectivity index (χ1v) is 6.96. The lowest BCUT2D eigenvalue weighted by Gasteiger charge is -2.18. The highest BCUT2D eigenvalue weighted by Crippen LogP contribution is 2.31. The number of hydrogen-bond acceptors (Lipinski definition) is 2. The van der Waals surface area contributed by atoms with Crippen molar-refractivity contribution in [1.82, 2.24) is 14.9 Å². The molecule has 0 aliphatic heterocycles. The van der Waals surface area contributed by atoms with E-state index in [1.807, 2.05) is 43.2 Å². The Morgan fingerprint density at radius 1 is 1.37 bits per heavy atom. The Morgan fingerprint density at radius 3 is 2.79 bits per heavy atom. The summed E-state index contributed by atoms with van der Waals surface area (Å²) in [5, 5.41) is 4.51. The topological polar surface area (TPSA) is 29.9 Å². The Hall–Kier alpha value is -1.03. The van der Waals surface area contributed by atoms with Crippen molar-refractivity contribution >= 4 is 23.2 Å². The molecule has 3 nitrogen and oxygen atoms in total. The number of nitrogens with one attached hydrogen (secondary N) is 1. The summed E-state index contributed by atoms with van der Waals surface area (Å²) in [4.78, 5) is 4.33. The predicted molar refractivity (Wildman–Crippen MR) is 79.8 cm³/mol. The zero-order chi connectivity index (χ0) is 13.8. The average Bonchev–Trinajstić information content (AvgIpc) is 2.80. The second-order valence-corrected chi connectivity index (χ2v) is 5.26. The molecule has 19 heavy (non-hydrogen) atoms. The Morgan fingerprint density at radius 2 is 2.16 bits per heavy atom. The molecule has 1 heterocycles. The normalized spacial score (nSPS) is 12.6.